The van der Waals surface area contributed by atoms with Crippen LogP contribution in [0.4, 0.5) is 4.79 Å². The van der Waals surface area contributed by atoms with E-state index >= 15 is 0 Å². The van der Waals surface area contributed by atoms with Gasteiger partial charge in [0.15, 0.2) is 0 Å². The van der Waals surface area contributed by atoms with E-state index in [0.717, 1.165) is 16.7 Å². The molecule has 22 heavy (non-hydrogen) atoms. The van der Waals surface area contributed by atoms with Crippen molar-refractivity contribution in [1.29, 1.82) is 0 Å². The van der Waals surface area contributed by atoms with Gasteiger partial charge in [-0.25, -0.2) is 4.79 Å². The molecule has 0 heterocycles. The number of carbonyl (C=O) groups excluding carboxylic acids is 2. The Balaban J connectivity index is 1.92. The molecule has 0 bridgehead atoms. The monoisotopic (exact) mass is 297 g/mol. The quantitative estimate of drug-likeness (QED) is 0.789. The van der Waals surface area contributed by atoms with Crippen LogP contribution in [0.3, 0.4) is 0 Å². The lowest BCUT2D eigenvalue weighted by Crippen LogP contribution is -2.28. The normalized spacial score (nSPS) is 10.0. The molecule has 114 valence electrons. The molecule has 2 aromatic rings. The van der Waals surface area contributed by atoms with Gasteiger partial charge in [0.05, 0.1) is 0 Å². The Labute approximate surface area is 129 Å². The van der Waals surface area contributed by atoms with Crippen molar-refractivity contribution in [2.24, 2.45) is 5.73 Å². The first-order valence-electron chi connectivity index (χ1n) is 7.01. The van der Waals surface area contributed by atoms with Gasteiger partial charge in [-0.15, -0.1) is 0 Å². The second-order valence-electron chi connectivity index (χ2n) is 5.02. The molecular weight excluding hydrogens is 278 g/mol. The van der Waals surface area contributed by atoms with Gasteiger partial charge >= 0.3 is 6.03 Å². The standard InChI is InChI=1S/C17H19N3O2/c1-12-4-2-3-5-15(12)11-19-16(21)14-8-6-13(7-9-14)10-20-17(18)22/h2-9H,10-11H2,1H3,(H,19,21)(H3,18,20,22). The van der Waals surface area contributed by atoms with Crippen LogP contribution in [0, 0.1) is 6.92 Å². The minimum absolute atomic E-state index is 0.127. The zero-order valence-electron chi connectivity index (χ0n) is 12.4. The Bertz CT molecular complexity index is 666. The van der Waals surface area contributed by atoms with E-state index in [1.807, 2.05) is 31.2 Å². The fourth-order valence-corrected chi connectivity index (χ4v) is 2.05. The van der Waals surface area contributed by atoms with Gasteiger partial charge in [0.1, 0.15) is 0 Å². The fraction of sp³-hybridized carbons (Fsp3) is 0.176. The molecule has 0 aliphatic heterocycles. The van der Waals surface area contributed by atoms with Crippen LogP contribution < -0.4 is 16.4 Å². The summed E-state index contributed by atoms with van der Waals surface area (Å²) in [6.45, 7) is 2.86. The third-order valence-corrected chi connectivity index (χ3v) is 3.38. The summed E-state index contributed by atoms with van der Waals surface area (Å²) in [4.78, 5) is 22.7. The van der Waals surface area contributed by atoms with Gasteiger partial charge in [-0.2, -0.15) is 0 Å². The molecule has 4 N–H and O–H groups in total. The highest BCUT2D eigenvalue weighted by Gasteiger charge is 2.06. The molecule has 5 nitrogen and oxygen atoms in total. The summed E-state index contributed by atoms with van der Waals surface area (Å²) in [5.74, 6) is -0.127. The first kappa shape index (κ1) is 15.6. The molecule has 0 aromatic heterocycles. The van der Waals surface area contributed by atoms with Crippen molar-refractivity contribution >= 4 is 11.9 Å². The number of amides is 3. The maximum atomic E-state index is 12.1. The number of carbonyl (C=O) groups is 2. The zero-order chi connectivity index (χ0) is 15.9. The van der Waals surface area contributed by atoms with Gasteiger partial charge in [0.25, 0.3) is 5.91 Å². The maximum Gasteiger partial charge on any atom is 0.312 e. The van der Waals surface area contributed by atoms with E-state index in [4.69, 9.17) is 5.73 Å². The number of hydrogen-bond donors (Lipinski definition) is 3. The Hall–Kier alpha value is -2.82. The molecule has 0 aliphatic rings. The first-order chi connectivity index (χ1) is 10.6. The van der Waals surface area contributed by atoms with Crippen molar-refractivity contribution < 1.29 is 9.59 Å². The number of aryl methyl sites for hydroxylation is 1. The van der Waals surface area contributed by atoms with E-state index in [9.17, 15) is 9.59 Å². The number of nitrogens with one attached hydrogen (secondary N) is 2. The minimum atomic E-state index is -0.569. The third kappa shape index (κ3) is 4.34. The molecule has 0 aliphatic carbocycles. The second kappa shape index (κ2) is 7.26. The maximum absolute atomic E-state index is 12.1. The van der Waals surface area contributed by atoms with E-state index in [2.05, 4.69) is 10.6 Å². The molecule has 0 unspecified atom stereocenters. The molecule has 0 radical (unpaired) electrons. The summed E-state index contributed by atoms with van der Waals surface area (Å²) in [6.07, 6.45) is 0. The lowest BCUT2D eigenvalue weighted by molar-refractivity contribution is 0.0951. The van der Waals surface area contributed by atoms with Crippen molar-refractivity contribution in [3.05, 3.63) is 70.8 Å². The fourth-order valence-electron chi connectivity index (χ4n) is 2.05. The van der Waals surface area contributed by atoms with E-state index in [-0.39, 0.29) is 5.91 Å². The number of hydrogen-bond acceptors (Lipinski definition) is 2. The molecule has 0 spiro atoms. The van der Waals surface area contributed by atoms with Crippen LogP contribution >= 0.6 is 0 Å². The predicted octanol–water partition coefficient (Wildman–Crippen LogP) is 2.09. The largest absolute Gasteiger partial charge is 0.352 e. The highest BCUT2D eigenvalue weighted by Crippen LogP contribution is 2.08. The lowest BCUT2D eigenvalue weighted by atomic mass is 10.1. The number of nitrogens with two attached hydrogens (primary N) is 1. The van der Waals surface area contributed by atoms with Crippen LogP contribution in [0.25, 0.3) is 0 Å². The topological polar surface area (TPSA) is 84.2 Å². The van der Waals surface area contributed by atoms with Crippen LogP contribution in [0.1, 0.15) is 27.0 Å². The summed E-state index contributed by atoms with van der Waals surface area (Å²) in [5, 5.41) is 5.40. The molecule has 0 fully saturated rings. The summed E-state index contributed by atoms with van der Waals surface area (Å²) >= 11 is 0. The van der Waals surface area contributed by atoms with Crippen LogP contribution in [0.15, 0.2) is 48.5 Å². The molecule has 2 aromatic carbocycles. The molecule has 3 amide bonds. The van der Waals surface area contributed by atoms with Crippen molar-refractivity contribution in [1.82, 2.24) is 10.6 Å². The van der Waals surface area contributed by atoms with Gasteiger partial charge < -0.3 is 16.4 Å². The van der Waals surface area contributed by atoms with Crippen LogP contribution in [-0.2, 0) is 13.1 Å². The Morgan fingerprint density at radius 3 is 2.27 bits per heavy atom. The van der Waals surface area contributed by atoms with Crippen LogP contribution in [0.5, 0.6) is 0 Å². The number of primary amides is 1. The Morgan fingerprint density at radius 1 is 0.955 bits per heavy atom. The predicted molar refractivity (Wildman–Crippen MR) is 85.2 cm³/mol. The highest BCUT2D eigenvalue weighted by molar-refractivity contribution is 5.94. The van der Waals surface area contributed by atoms with Gasteiger partial charge in [-0.3, -0.25) is 4.79 Å². The van der Waals surface area contributed by atoms with E-state index < -0.39 is 6.03 Å². The van der Waals surface area contributed by atoms with Gasteiger partial charge in [-0.05, 0) is 35.7 Å². The molecule has 2 rings (SSSR count). The third-order valence-electron chi connectivity index (χ3n) is 3.38. The molecule has 0 atom stereocenters. The molecule has 5 heteroatoms. The summed E-state index contributed by atoms with van der Waals surface area (Å²) in [5.41, 5.74) is 8.72. The summed E-state index contributed by atoms with van der Waals surface area (Å²) < 4.78 is 0. The van der Waals surface area contributed by atoms with Crippen LogP contribution in [0.2, 0.25) is 0 Å². The van der Waals surface area contributed by atoms with Gasteiger partial charge in [-0.1, -0.05) is 36.4 Å². The average Bonchev–Trinajstić information content (AvgIpc) is 2.52. The molecular formula is C17H19N3O2. The van der Waals surface area contributed by atoms with Crippen molar-refractivity contribution in [2.75, 3.05) is 0 Å². The first-order valence-corrected chi connectivity index (χ1v) is 7.01. The van der Waals surface area contributed by atoms with E-state index in [1.54, 1.807) is 24.3 Å². The number of benzene rings is 2. The Kier molecular flexibility index (Phi) is 5.14. The zero-order valence-corrected chi connectivity index (χ0v) is 12.4. The summed E-state index contributed by atoms with van der Waals surface area (Å²) in [6, 6.07) is 14.4. The Morgan fingerprint density at radius 2 is 1.64 bits per heavy atom. The number of rotatable bonds is 5. The smallest absolute Gasteiger partial charge is 0.312 e. The number of urea groups is 1. The van der Waals surface area contributed by atoms with Crippen molar-refractivity contribution in [3.63, 3.8) is 0 Å². The SMILES string of the molecule is Cc1ccccc1CNC(=O)c1ccc(CNC(N)=O)cc1. The molecule has 0 saturated heterocycles. The van der Waals surface area contributed by atoms with E-state index in [1.165, 1.54) is 0 Å². The second-order valence-corrected chi connectivity index (χ2v) is 5.02. The van der Waals surface area contributed by atoms with Crippen molar-refractivity contribution in [3.8, 4) is 0 Å². The summed E-state index contributed by atoms with van der Waals surface area (Å²) in [7, 11) is 0. The highest BCUT2D eigenvalue weighted by atomic mass is 16.2. The van der Waals surface area contributed by atoms with E-state index in [0.29, 0.717) is 18.7 Å². The van der Waals surface area contributed by atoms with Gasteiger partial charge in [0, 0.05) is 18.7 Å². The van der Waals surface area contributed by atoms with Crippen LogP contribution in [-0.4, -0.2) is 11.9 Å². The minimum Gasteiger partial charge on any atom is -0.352 e. The molecule has 0 saturated carbocycles. The average molecular weight is 297 g/mol. The van der Waals surface area contributed by atoms with Crippen molar-refractivity contribution in [2.45, 2.75) is 20.0 Å². The van der Waals surface area contributed by atoms with Gasteiger partial charge in [0.2, 0.25) is 0 Å². The lowest BCUT2D eigenvalue weighted by Gasteiger charge is -2.08.